The summed E-state index contributed by atoms with van der Waals surface area (Å²) in [5, 5.41) is 1.04. The van der Waals surface area contributed by atoms with Crippen LogP contribution >= 0.6 is 0 Å². The monoisotopic (exact) mass is 257 g/mol. The fourth-order valence-electron chi connectivity index (χ4n) is 3.09. The van der Waals surface area contributed by atoms with Crippen molar-refractivity contribution in [1.29, 1.82) is 0 Å². The topological polar surface area (TPSA) is 31.2 Å². The van der Waals surface area contributed by atoms with Crippen molar-refractivity contribution in [2.24, 2.45) is 13.0 Å². The van der Waals surface area contributed by atoms with E-state index in [4.69, 9.17) is 4.74 Å². The van der Waals surface area contributed by atoms with Gasteiger partial charge in [0, 0.05) is 36.2 Å². The lowest BCUT2D eigenvalue weighted by Gasteiger charge is -2.06. The van der Waals surface area contributed by atoms with Crippen LogP contribution in [0.5, 0.6) is 5.75 Å². The van der Waals surface area contributed by atoms with Crippen molar-refractivity contribution in [3.05, 3.63) is 30.0 Å². The van der Waals surface area contributed by atoms with E-state index in [1.165, 1.54) is 12.8 Å². The Balaban J connectivity index is 2.06. The molecule has 0 saturated heterocycles. The van der Waals surface area contributed by atoms with Gasteiger partial charge >= 0.3 is 0 Å². The molecule has 19 heavy (non-hydrogen) atoms. The maximum atomic E-state index is 12.6. The maximum Gasteiger partial charge on any atom is 0.168 e. The molecule has 1 saturated carbocycles. The Hall–Kier alpha value is -1.77. The number of nitrogens with zero attached hydrogens (tertiary/aromatic N) is 1. The van der Waals surface area contributed by atoms with Crippen LogP contribution in [0.2, 0.25) is 0 Å². The molecule has 0 amide bonds. The number of aromatic nitrogens is 1. The molecule has 0 N–H and O–H groups in total. The summed E-state index contributed by atoms with van der Waals surface area (Å²) in [5.41, 5.74) is 1.92. The molecule has 1 heterocycles. The fraction of sp³-hybridized carbons (Fsp3) is 0.438. The zero-order chi connectivity index (χ0) is 13.4. The summed E-state index contributed by atoms with van der Waals surface area (Å²) in [4.78, 5) is 12.6. The molecule has 1 aromatic heterocycles. The van der Waals surface area contributed by atoms with Crippen molar-refractivity contribution in [3.8, 4) is 5.75 Å². The van der Waals surface area contributed by atoms with Crippen LogP contribution in [0.15, 0.2) is 24.4 Å². The number of hydrogen-bond donors (Lipinski definition) is 0. The van der Waals surface area contributed by atoms with Crippen LogP contribution in [-0.4, -0.2) is 17.5 Å². The lowest BCUT2D eigenvalue weighted by atomic mass is 9.96. The Labute approximate surface area is 113 Å². The molecule has 1 fully saturated rings. The molecule has 2 aromatic rings. The van der Waals surface area contributed by atoms with Gasteiger partial charge in [0.05, 0.1) is 12.6 Å². The molecular formula is C16H19NO2. The molecule has 0 radical (unpaired) electrons. The van der Waals surface area contributed by atoms with Crippen molar-refractivity contribution in [3.63, 3.8) is 0 Å². The minimum absolute atomic E-state index is 0.229. The van der Waals surface area contributed by atoms with Gasteiger partial charge in [0.2, 0.25) is 0 Å². The number of Topliss-reactive ketones (excluding diaryl/α,β-unsaturated/α-hetero) is 1. The lowest BCUT2D eigenvalue weighted by Crippen LogP contribution is -2.10. The van der Waals surface area contributed by atoms with E-state index in [-0.39, 0.29) is 5.92 Å². The molecule has 1 aromatic carbocycles. The molecule has 0 spiro atoms. The normalized spacial score (nSPS) is 16.1. The van der Waals surface area contributed by atoms with Gasteiger partial charge in [-0.25, -0.2) is 0 Å². The average Bonchev–Trinajstić information content (AvgIpc) is 3.06. The average molecular weight is 257 g/mol. The summed E-state index contributed by atoms with van der Waals surface area (Å²) in [6, 6.07) is 5.91. The quantitative estimate of drug-likeness (QED) is 0.787. The zero-order valence-electron chi connectivity index (χ0n) is 11.5. The van der Waals surface area contributed by atoms with Crippen LogP contribution in [0.1, 0.15) is 36.0 Å². The Bertz CT molecular complexity index is 621. The van der Waals surface area contributed by atoms with Crippen molar-refractivity contribution in [1.82, 2.24) is 4.57 Å². The first-order valence-electron chi connectivity index (χ1n) is 6.88. The SMILES string of the molecule is COc1ccc2c(C(=O)C3CCCC3)cn(C)c2c1. The van der Waals surface area contributed by atoms with Gasteiger partial charge in [0.1, 0.15) is 5.75 Å². The largest absolute Gasteiger partial charge is 0.497 e. The molecule has 3 nitrogen and oxygen atoms in total. The highest BCUT2D eigenvalue weighted by Gasteiger charge is 2.26. The van der Waals surface area contributed by atoms with Gasteiger partial charge in [0.15, 0.2) is 5.78 Å². The summed E-state index contributed by atoms with van der Waals surface area (Å²) in [7, 11) is 3.64. The van der Waals surface area contributed by atoms with Crippen LogP contribution < -0.4 is 4.74 Å². The Morgan fingerprint density at radius 2 is 2.05 bits per heavy atom. The van der Waals surface area contributed by atoms with Crippen LogP contribution in [0.25, 0.3) is 10.9 Å². The minimum atomic E-state index is 0.229. The van der Waals surface area contributed by atoms with Gasteiger partial charge in [-0.15, -0.1) is 0 Å². The highest BCUT2D eigenvalue weighted by atomic mass is 16.5. The highest BCUT2D eigenvalue weighted by molar-refractivity contribution is 6.09. The summed E-state index contributed by atoms with van der Waals surface area (Å²) in [6.07, 6.45) is 6.44. The standard InChI is InChI=1S/C16H19NO2/c1-17-10-14(16(18)11-5-3-4-6-11)13-8-7-12(19-2)9-15(13)17/h7-11H,3-6H2,1-2H3. The number of ether oxygens (including phenoxy) is 1. The fourth-order valence-corrected chi connectivity index (χ4v) is 3.09. The number of rotatable bonds is 3. The number of carbonyl (C=O) groups excluding carboxylic acids is 1. The number of hydrogen-bond acceptors (Lipinski definition) is 2. The van der Waals surface area contributed by atoms with E-state index >= 15 is 0 Å². The second-order valence-electron chi connectivity index (χ2n) is 5.38. The third-order valence-electron chi connectivity index (χ3n) is 4.19. The van der Waals surface area contributed by atoms with Crippen molar-refractivity contribution in [2.45, 2.75) is 25.7 Å². The van der Waals surface area contributed by atoms with Crippen molar-refractivity contribution in [2.75, 3.05) is 7.11 Å². The molecule has 1 aliphatic carbocycles. The molecule has 1 aliphatic rings. The number of methoxy groups -OCH3 is 1. The third-order valence-corrected chi connectivity index (χ3v) is 4.19. The summed E-state index contributed by atoms with van der Waals surface area (Å²) >= 11 is 0. The van der Waals surface area contributed by atoms with E-state index in [2.05, 4.69) is 0 Å². The Morgan fingerprint density at radius 3 is 2.74 bits per heavy atom. The summed E-state index contributed by atoms with van der Waals surface area (Å²) in [6.45, 7) is 0. The van der Waals surface area contributed by atoms with Gasteiger partial charge in [-0.1, -0.05) is 12.8 Å². The minimum Gasteiger partial charge on any atom is -0.497 e. The van der Waals surface area contributed by atoms with Crippen LogP contribution in [0, 0.1) is 5.92 Å². The summed E-state index contributed by atoms with van der Waals surface area (Å²) < 4.78 is 7.26. The van der Waals surface area contributed by atoms with Crippen molar-refractivity contribution < 1.29 is 9.53 Å². The molecule has 0 unspecified atom stereocenters. The van der Waals surface area contributed by atoms with E-state index in [9.17, 15) is 4.79 Å². The predicted octanol–water partition coefficient (Wildman–Crippen LogP) is 3.56. The molecule has 0 bridgehead atoms. The number of carbonyl (C=O) groups is 1. The van der Waals surface area contributed by atoms with Gasteiger partial charge in [-0.3, -0.25) is 4.79 Å². The Morgan fingerprint density at radius 1 is 1.32 bits per heavy atom. The second-order valence-corrected chi connectivity index (χ2v) is 5.38. The summed E-state index contributed by atoms with van der Waals surface area (Å²) in [5.74, 6) is 1.37. The second kappa shape index (κ2) is 4.72. The van der Waals surface area contributed by atoms with Gasteiger partial charge < -0.3 is 9.30 Å². The van der Waals surface area contributed by atoms with E-state index in [1.54, 1.807) is 7.11 Å². The van der Waals surface area contributed by atoms with Gasteiger partial charge in [0.25, 0.3) is 0 Å². The highest BCUT2D eigenvalue weighted by Crippen LogP contribution is 2.32. The first-order chi connectivity index (χ1) is 9.20. The molecule has 0 aliphatic heterocycles. The number of benzene rings is 1. The van der Waals surface area contributed by atoms with Gasteiger partial charge in [-0.2, -0.15) is 0 Å². The molecule has 100 valence electrons. The molecular weight excluding hydrogens is 238 g/mol. The van der Waals surface area contributed by atoms with Crippen molar-refractivity contribution >= 4 is 16.7 Å². The number of aryl methyl sites for hydroxylation is 1. The van der Waals surface area contributed by atoms with Gasteiger partial charge in [-0.05, 0) is 25.0 Å². The van der Waals surface area contributed by atoms with Crippen LogP contribution in [0.4, 0.5) is 0 Å². The molecule has 0 atom stereocenters. The van der Waals surface area contributed by atoms with E-state index in [0.717, 1.165) is 35.1 Å². The first-order valence-corrected chi connectivity index (χ1v) is 6.88. The Kier molecular flexibility index (Phi) is 3.05. The zero-order valence-corrected chi connectivity index (χ0v) is 11.5. The first kappa shape index (κ1) is 12.3. The predicted molar refractivity (Wildman–Crippen MR) is 75.8 cm³/mol. The maximum absolute atomic E-state index is 12.6. The van der Waals surface area contributed by atoms with E-state index < -0.39 is 0 Å². The number of fused-ring (bicyclic) bond motifs is 1. The smallest absolute Gasteiger partial charge is 0.168 e. The lowest BCUT2D eigenvalue weighted by molar-refractivity contribution is 0.0924. The van der Waals surface area contributed by atoms with Crippen LogP contribution in [-0.2, 0) is 7.05 Å². The number of ketones is 1. The molecule has 3 rings (SSSR count). The molecule has 3 heteroatoms. The van der Waals surface area contributed by atoms with E-state index in [1.807, 2.05) is 36.0 Å². The third kappa shape index (κ3) is 2.03. The van der Waals surface area contributed by atoms with Crippen LogP contribution in [0.3, 0.4) is 0 Å². The van der Waals surface area contributed by atoms with E-state index in [0.29, 0.717) is 5.78 Å².